The average Bonchev–Trinajstić information content (AvgIpc) is 2.67. The van der Waals surface area contributed by atoms with Crippen LogP contribution in [-0.4, -0.2) is 9.97 Å². The molecule has 2 nitrogen and oxygen atoms in total. The van der Waals surface area contributed by atoms with Crippen LogP contribution in [0.2, 0.25) is 0 Å². The summed E-state index contributed by atoms with van der Waals surface area (Å²) < 4.78 is 13.2. The average molecular weight is 326 g/mol. The predicted molar refractivity (Wildman–Crippen MR) is 100 cm³/mol. The maximum atomic E-state index is 13.2. The Balaban J connectivity index is 1.84. The molecule has 0 saturated carbocycles. The molecule has 0 spiro atoms. The maximum absolute atomic E-state index is 13.2. The van der Waals surface area contributed by atoms with Crippen LogP contribution in [0.5, 0.6) is 0 Å². The van der Waals surface area contributed by atoms with Gasteiger partial charge in [-0.15, -0.1) is 0 Å². The van der Waals surface area contributed by atoms with Crippen molar-refractivity contribution in [3.63, 3.8) is 0 Å². The molecule has 0 aliphatic carbocycles. The SMILES string of the molecule is Fc1ccc(-c2nc(/C=C/c3ccccc3)c3ccccc3n2)cc1. The van der Waals surface area contributed by atoms with Crippen molar-refractivity contribution in [2.24, 2.45) is 0 Å². The molecule has 4 rings (SSSR count). The summed E-state index contributed by atoms with van der Waals surface area (Å²) in [5.41, 5.74) is 3.60. The first-order chi connectivity index (χ1) is 12.3. The lowest BCUT2D eigenvalue weighted by molar-refractivity contribution is 0.628. The van der Waals surface area contributed by atoms with E-state index in [1.54, 1.807) is 12.1 Å². The molecule has 0 amide bonds. The van der Waals surface area contributed by atoms with Crippen LogP contribution in [-0.2, 0) is 0 Å². The van der Waals surface area contributed by atoms with Gasteiger partial charge in [0.25, 0.3) is 0 Å². The normalized spacial score (nSPS) is 11.2. The highest BCUT2D eigenvalue weighted by atomic mass is 19.1. The highest BCUT2D eigenvalue weighted by molar-refractivity contribution is 5.90. The second-order valence-electron chi connectivity index (χ2n) is 5.70. The van der Waals surface area contributed by atoms with Crippen molar-refractivity contribution in [2.75, 3.05) is 0 Å². The maximum Gasteiger partial charge on any atom is 0.160 e. The van der Waals surface area contributed by atoms with E-state index in [-0.39, 0.29) is 5.82 Å². The molecule has 0 aliphatic heterocycles. The second-order valence-corrected chi connectivity index (χ2v) is 5.70. The number of fused-ring (bicyclic) bond motifs is 1. The number of benzene rings is 3. The minimum Gasteiger partial charge on any atom is -0.228 e. The van der Waals surface area contributed by atoms with Crippen molar-refractivity contribution in [1.29, 1.82) is 0 Å². The van der Waals surface area contributed by atoms with Crippen molar-refractivity contribution in [1.82, 2.24) is 9.97 Å². The zero-order chi connectivity index (χ0) is 17.1. The highest BCUT2D eigenvalue weighted by Crippen LogP contribution is 2.23. The second kappa shape index (κ2) is 6.65. The van der Waals surface area contributed by atoms with Gasteiger partial charge in [0.1, 0.15) is 5.82 Å². The molecule has 0 radical (unpaired) electrons. The molecule has 120 valence electrons. The molecule has 3 heteroatoms. The third kappa shape index (κ3) is 3.31. The summed E-state index contributed by atoms with van der Waals surface area (Å²) in [4.78, 5) is 9.32. The van der Waals surface area contributed by atoms with E-state index in [9.17, 15) is 4.39 Å². The van der Waals surface area contributed by atoms with E-state index < -0.39 is 0 Å². The van der Waals surface area contributed by atoms with Crippen molar-refractivity contribution in [3.8, 4) is 11.4 Å². The first-order valence-corrected chi connectivity index (χ1v) is 8.05. The lowest BCUT2D eigenvalue weighted by Gasteiger charge is -2.06. The van der Waals surface area contributed by atoms with Gasteiger partial charge in [0, 0.05) is 10.9 Å². The molecule has 0 bridgehead atoms. The molecule has 3 aromatic carbocycles. The van der Waals surface area contributed by atoms with E-state index in [0.29, 0.717) is 5.82 Å². The van der Waals surface area contributed by atoms with Gasteiger partial charge in [-0.3, -0.25) is 0 Å². The van der Waals surface area contributed by atoms with Crippen LogP contribution in [0.25, 0.3) is 34.4 Å². The molecule has 25 heavy (non-hydrogen) atoms. The quantitative estimate of drug-likeness (QED) is 0.489. The number of hydrogen-bond donors (Lipinski definition) is 0. The Morgan fingerprint density at radius 1 is 0.680 bits per heavy atom. The fourth-order valence-corrected chi connectivity index (χ4v) is 2.70. The van der Waals surface area contributed by atoms with Crippen LogP contribution in [0.3, 0.4) is 0 Å². The molecule has 0 N–H and O–H groups in total. The van der Waals surface area contributed by atoms with Gasteiger partial charge < -0.3 is 0 Å². The molecule has 0 atom stereocenters. The Kier molecular flexibility index (Phi) is 4.05. The van der Waals surface area contributed by atoms with Crippen LogP contribution in [0.15, 0.2) is 78.9 Å². The Morgan fingerprint density at radius 3 is 2.20 bits per heavy atom. The summed E-state index contributed by atoms with van der Waals surface area (Å²) >= 11 is 0. The van der Waals surface area contributed by atoms with Crippen molar-refractivity contribution >= 4 is 23.1 Å². The molecule has 1 heterocycles. The number of halogens is 1. The number of aromatic nitrogens is 2. The summed E-state index contributed by atoms with van der Waals surface area (Å²) in [6.07, 6.45) is 4.02. The monoisotopic (exact) mass is 326 g/mol. The van der Waals surface area contributed by atoms with Gasteiger partial charge in [0.05, 0.1) is 11.2 Å². The summed E-state index contributed by atoms with van der Waals surface area (Å²) in [6.45, 7) is 0. The van der Waals surface area contributed by atoms with Gasteiger partial charge in [-0.2, -0.15) is 0 Å². The number of nitrogens with zero attached hydrogens (tertiary/aromatic N) is 2. The molecule has 0 saturated heterocycles. The van der Waals surface area contributed by atoms with E-state index in [1.807, 2.05) is 66.7 Å². The van der Waals surface area contributed by atoms with Gasteiger partial charge in [-0.25, -0.2) is 14.4 Å². The molecular weight excluding hydrogens is 311 g/mol. The Labute approximate surface area is 145 Å². The van der Waals surface area contributed by atoms with Crippen molar-refractivity contribution in [2.45, 2.75) is 0 Å². The smallest absolute Gasteiger partial charge is 0.160 e. The number of rotatable bonds is 3. The van der Waals surface area contributed by atoms with Crippen LogP contribution in [0.1, 0.15) is 11.3 Å². The number of hydrogen-bond acceptors (Lipinski definition) is 2. The lowest BCUT2D eigenvalue weighted by atomic mass is 10.1. The standard InChI is InChI=1S/C22H15FN2/c23-18-13-11-17(12-14-18)22-24-20-9-5-4-8-19(20)21(25-22)15-10-16-6-2-1-3-7-16/h1-15H/b15-10+. The molecular formula is C22H15FN2. The molecule has 0 aliphatic rings. The van der Waals surface area contributed by atoms with Crippen LogP contribution in [0, 0.1) is 5.82 Å². The van der Waals surface area contributed by atoms with E-state index in [1.165, 1.54) is 12.1 Å². The molecule has 0 unspecified atom stereocenters. The van der Waals surface area contributed by atoms with Gasteiger partial charge in [0.15, 0.2) is 5.82 Å². The molecule has 4 aromatic rings. The largest absolute Gasteiger partial charge is 0.228 e. The van der Waals surface area contributed by atoms with Gasteiger partial charge in [0.2, 0.25) is 0 Å². The Bertz CT molecular complexity index is 1040. The Morgan fingerprint density at radius 2 is 1.40 bits per heavy atom. The lowest BCUT2D eigenvalue weighted by Crippen LogP contribution is -1.94. The van der Waals surface area contributed by atoms with Gasteiger partial charge in [-0.1, -0.05) is 54.6 Å². The fourth-order valence-electron chi connectivity index (χ4n) is 2.70. The third-order valence-electron chi connectivity index (χ3n) is 3.97. The van der Waals surface area contributed by atoms with E-state index in [2.05, 4.69) is 4.98 Å². The minimum atomic E-state index is -0.270. The summed E-state index contributed by atoms with van der Waals surface area (Å²) in [6, 6.07) is 24.2. The molecule has 1 aromatic heterocycles. The predicted octanol–water partition coefficient (Wildman–Crippen LogP) is 5.61. The Hall–Kier alpha value is -3.33. The van der Waals surface area contributed by atoms with Crippen molar-refractivity contribution < 1.29 is 4.39 Å². The van der Waals surface area contributed by atoms with E-state index >= 15 is 0 Å². The van der Waals surface area contributed by atoms with Crippen LogP contribution >= 0.6 is 0 Å². The number of para-hydroxylation sites is 1. The van der Waals surface area contributed by atoms with Gasteiger partial charge >= 0.3 is 0 Å². The first-order valence-electron chi connectivity index (χ1n) is 8.05. The van der Waals surface area contributed by atoms with E-state index in [4.69, 9.17) is 4.98 Å². The molecule has 0 fully saturated rings. The topological polar surface area (TPSA) is 25.8 Å². The minimum absolute atomic E-state index is 0.270. The van der Waals surface area contributed by atoms with Crippen LogP contribution in [0.4, 0.5) is 4.39 Å². The summed E-state index contributed by atoms with van der Waals surface area (Å²) in [7, 11) is 0. The third-order valence-corrected chi connectivity index (χ3v) is 3.97. The van der Waals surface area contributed by atoms with E-state index in [0.717, 1.165) is 27.7 Å². The van der Waals surface area contributed by atoms with Crippen LogP contribution < -0.4 is 0 Å². The highest BCUT2D eigenvalue weighted by Gasteiger charge is 2.07. The zero-order valence-corrected chi connectivity index (χ0v) is 13.4. The van der Waals surface area contributed by atoms with Crippen molar-refractivity contribution in [3.05, 3.63) is 95.9 Å². The first kappa shape index (κ1) is 15.2. The zero-order valence-electron chi connectivity index (χ0n) is 13.4. The summed E-state index contributed by atoms with van der Waals surface area (Å²) in [5.74, 6) is 0.320. The fraction of sp³-hybridized carbons (Fsp3) is 0. The van der Waals surface area contributed by atoms with Gasteiger partial charge in [-0.05, 0) is 42.0 Å². The summed E-state index contributed by atoms with van der Waals surface area (Å²) in [5, 5.41) is 0.987.